The lowest BCUT2D eigenvalue weighted by atomic mass is 9.70. The van der Waals surface area contributed by atoms with Crippen molar-refractivity contribution >= 4 is 24.2 Å². The molecule has 6 heteroatoms. The van der Waals surface area contributed by atoms with Crippen molar-refractivity contribution in [2.45, 2.75) is 33.2 Å². The Morgan fingerprint density at radius 2 is 1.92 bits per heavy atom. The predicted molar refractivity (Wildman–Crippen MR) is 94.6 cm³/mol. The van der Waals surface area contributed by atoms with Crippen LogP contribution in [-0.2, 0) is 20.7 Å². The molecular formula is C18H26ClNO4. The van der Waals surface area contributed by atoms with E-state index in [4.69, 9.17) is 9.47 Å². The number of hydrogen-bond donors (Lipinski definition) is 1. The maximum absolute atomic E-state index is 12.7. The van der Waals surface area contributed by atoms with Gasteiger partial charge in [0.05, 0.1) is 13.7 Å². The van der Waals surface area contributed by atoms with Crippen molar-refractivity contribution in [3.05, 3.63) is 29.8 Å². The summed E-state index contributed by atoms with van der Waals surface area (Å²) in [5.41, 5.74) is 0.494. The van der Waals surface area contributed by atoms with E-state index < -0.39 is 17.3 Å². The topological polar surface area (TPSA) is 64.6 Å². The molecule has 1 aromatic carbocycles. The Kier molecular flexibility index (Phi) is 7.24. The fraction of sp³-hybridized carbons (Fsp3) is 0.556. The summed E-state index contributed by atoms with van der Waals surface area (Å²) in [5, 5.41) is 3.35. The lowest BCUT2D eigenvalue weighted by molar-refractivity contribution is -0.156. The van der Waals surface area contributed by atoms with Gasteiger partial charge in [-0.3, -0.25) is 9.59 Å². The first kappa shape index (κ1) is 20.5. The van der Waals surface area contributed by atoms with E-state index in [1.165, 1.54) is 0 Å². The van der Waals surface area contributed by atoms with Gasteiger partial charge in [-0.05, 0) is 31.0 Å². The van der Waals surface area contributed by atoms with Crippen molar-refractivity contribution in [1.29, 1.82) is 0 Å². The molecule has 1 aliphatic rings. The van der Waals surface area contributed by atoms with Crippen molar-refractivity contribution in [3.8, 4) is 5.75 Å². The lowest BCUT2D eigenvalue weighted by Crippen LogP contribution is -2.59. The third kappa shape index (κ3) is 4.28. The first-order valence-corrected chi connectivity index (χ1v) is 7.97. The molecule has 0 radical (unpaired) electrons. The Balaban J connectivity index is 0.00000288. The maximum atomic E-state index is 12.7. The number of benzene rings is 1. The lowest BCUT2D eigenvalue weighted by Gasteiger charge is -2.41. The third-order valence-electron chi connectivity index (χ3n) is 4.56. The second kappa shape index (κ2) is 8.49. The molecule has 0 saturated carbocycles. The van der Waals surface area contributed by atoms with Gasteiger partial charge in [0.25, 0.3) is 0 Å². The molecule has 24 heavy (non-hydrogen) atoms. The number of rotatable bonds is 5. The largest absolute Gasteiger partial charge is 0.497 e. The summed E-state index contributed by atoms with van der Waals surface area (Å²) in [6, 6.07) is 7.80. The number of halogens is 1. The Hall–Kier alpha value is -1.59. The predicted octanol–water partition coefficient (Wildman–Crippen LogP) is 2.41. The van der Waals surface area contributed by atoms with Crippen molar-refractivity contribution < 1.29 is 19.1 Å². The van der Waals surface area contributed by atoms with E-state index in [1.54, 1.807) is 14.0 Å². The number of esters is 1. The van der Waals surface area contributed by atoms with Crippen LogP contribution >= 0.6 is 12.4 Å². The summed E-state index contributed by atoms with van der Waals surface area (Å²) in [5.74, 6) is -0.380. The van der Waals surface area contributed by atoms with Crippen LogP contribution in [0.15, 0.2) is 24.3 Å². The van der Waals surface area contributed by atoms with Crippen LogP contribution in [0.1, 0.15) is 26.3 Å². The number of piperidine rings is 1. The van der Waals surface area contributed by atoms with Crippen LogP contribution in [0, 0.1) is 11.3 Å². The Labute approximate surface area is 149 Å². The zero-order valence-electron chi connectivity index (χ0n) is 14.6. The van der Waals surface area contributed by atoms with Gasteiger partial charge in [-0.15, -0.1) is 12.4 Å². The van der Waals surface area contributed by atoms with Gasteiger partial charge in [-0.2, -0.15) is 0 Å². The van der Waals surface area contributed by atoms with Crippen LogP contribution in [0.5, 0.6) is 5.75 Å². The average molecular weight is 356 g/mol. The van der Waals surface area contributed by atoms with Crippen LogP contribution < -0.4 is 10.1 Å². The molecular weight excluding hydrogens is 330 g/mol. The van der Waals surface area contributed by atoms with E-state index >= 15 is 0 Å². The molecule has 1 aromatic rings. The summed E-state index contributed by atoms with van der Waals surface area (Å²) < 4.78 is 10.2. The van der Waals surface area contributed by atoms with E-state index in [0.29, 0.717) is 6.54 Å². The van der Waals surface area contributed by atoms with E-state index in [2.05, 4.69) is 5.32 Å². The summed E-state index contributed by atoms with van der Waals surface area (Å²) in [7, 11) is 1.63. The highest BCUT2D eigenvalue weighted by Crippen LogP contribution is 2.32. The number of ketones is 1. The summed E-state index contributed by atoms with van der Waals surface area (Å²) in [4.78, 5) is 24.6. The molecule has 1 saturated heterocycles. The molecule has 1 fully saturated rings. The first-order valence-electron chi connectivity index (χ1n) is 7.97. The van der Waals surface area contributed by atoms with Gasteiger partial charge in [0, 0.05) is 18.0 Å². The molecule has 5 nitrogen and oxygen atoms in total. The molecule has 0 aliphatic carbocycles. The minimum absolute atomic E-state index is 0. The number of methoxy groups -OCH3 is 1. The highest BCUT2D eigenvalue weighted by Gasteiger charge is 2.47. The van der Waals surface area contributed by atoms with Gasteiger partial charge < -0.3 is 14.8 Å². The smallest absolute Gasteiger partial charge is 0.317 e. The van der Waals surface area contributed by atoms with Crippen LogP contribution in [0.3, 0.4) is 0 Å². The molecule has 1 heterocycles. The number of Topliss-reactive ketones (excluding diaryl/α,β-unsaturated/α-hetero) is 1. The van der Waals surface area contributed by atoms with Crippen molar-refractivity contribution in [2.24, 2.45) is 11.3 Å². The van der Waals surface area contributed by atoms with Gasteiger partial charge in [-0.1, -0.05) is 26.0 Å². The molecule has 1 aliphatic heterocycles. The number of nitrogens with one attached hydrogen (secondary N) is 1. The molecule has 134 valence electrons. The fourth-order valence-electron chi connectivity index (χ4n) is 2.99. The van der Waals surface area contributed by atoms with Gasteiger partial charge >= 0.3 is 5.97 Å². The average Bonchev–Trinajstić information content (AvgIpc) is 2.53. The van der Waals surface area contributed by atoms with Crippen molar-refractivity contribution in [2.75, 3.05) is 20.3 Å². The van der Waals surface area contributed by atoms with Crippen molar-refractivity contribution in [3.63, 3.8) is 0 Å². The minimum Gasteiger partial charge on any atom is -0.497 e. The normalized spacial score (nSPS) is 22.4. The highest BCUT2D eigenvalue weighted by molar-refractivity contribution is 6.03. The number of ether oxygens (including phenoxy) is 2. The Bertz CT molecular complexity index is 571. The number of carbonyl (C=O) groups is 2. The molecule has 0 amide bonds. The standard InChI is InChI=1S/C18H25NO4.ClH/c1-5-23-17(21)14-11-19-15(18(2,3)16(14)20)10-12-6-8-13(22-4)9-7-12;/h6-9,14-15,19H,5,10-11H2,1-4H3;1H. The minimum atomic E-state index is -0.711. The quantitative estimate of drug-likeness (QED) is 0.649. The molecule has 2 unspecified atom stereocenters. The summed E-state index contributed by atoms with van der Waals surface area (Å²) >= 11 is 0. The van der Waals surface area contributed by atoms with Crippen molar-refractivity contribution in [1.82, 2.24) is 5.32 Å². The van der Waals surface area contributed by atoms with Crippen LogP contribution in [-0.4, -0.2) is 38.1 Å². The molecule has 0 spiro atoms. The SMILES string of the molecule is CCOC(=O)C1CNC(Cc2ccc(OC)cc2)C(C)(C)C1=O.Cl. The zero-order valence-corrected chi connectivity index (χ0v) is 15.4. The fourth-order valence-corrected chi connectivity index (χ4v) is 2.99. The van der Waals surface area contributed by atoms with E-state index in [1.807, 2.05) is 38.1 Å². The summed E-state index contributed by atoms with van der Waals surface area (Å²) in [6.45, 7) is 6.15. The van der Waals surface area contributed by atoms with E-state index in [-0.39, 0.29) is 30.8 Å². The second-order valence-electron chi connectivity index (χ2n) is 6.40. The van der Waals surface area contributed by atoms with Gasteiger partial charge in [-0.25, -0.2) is 0 Å². The monoisotopic (exact) mass is 355 g/mol. The Morgan fingerprint density at radius 1 is 1.29 bits per heavy atom. The maximum Gasteiger partial charge on any atom is 0.317 e. The first-order chi connectivity index (χ1) is 10.9. The molecule has 0 aromatic heterocycles. The molecule has 2 rings (SSSR count). The van der Waals surface area contributed by atoms with Crippen LogP contribution in [0.2, 0.25) is 0 Å². The van der Waals surface area contributed by atoms with Crippen LogP contribution in [0.25, 0.3) is 0 Å². The molecule has 1 N–H and O–H groups in total. The third-order valence-corrected chi connectivity index (χ3v) is 4.56. The van der Waals surface area contributed by atoms with E-state index in [0.717, 1.165) is 17.7 Å². The number of carbonyl (C=O) groups excluding carboxylic acids is 2. The van der Waals surface area contributed by atoms with Gasteiger partial charge in [0.2, 0.25) is 0 Å². The Morgan fingerprint density at radius 3 is 2.46 bits per heavy atom. The van der Waals surface area contributed by atoms with Gasteiger partial charge in [0.1, 0.15) is 11.7 Å². The van der Waals surface area contributed by atoms with Gasteiger partial charge in [0.15, 0.2) is 5.78 Å². The highest BCUT2D eigenvalue weighted by atomic mass is 35.5. The van der Waals surface area contributed by atoms with E-state index in [9.17, 15) is 9.59 Å². The zero-order chi connectivity index (χ0) is 17.0. The molecule has 2 atom stereocenters. The number of hydrogen-bond acceptors (Lipinski definition) is 5. The molecule has 0 bridgehead atoms. The second-order valence-corrected chi connectivity index (χ2v) is 6.40. The summed E-state index contributed by atoms with van der Waals surface area (Å²) in [6.07, 6.45) is 0.721. The van der Waals surface area contributed by atoms with Crippen LogP contribution in [0.4, 0.5) is 0 Å².